The van der Waals surface area contributed by atoms with Crippen LogP contribution in [0.3, 0.4) is 0 Å². The zero-order valence-electron chi connectivity index (χ0n) is 14.8. The van der Waals surface area contributed by atoms with Crippen molar-refractivity contribution in [3.63, 3.8) is 0 Å². The van der Waals surface area contributed by atoms with Gasteiger partial charge in [-0.3, -0.25) is 4.79 Å². The van der Waals surface area contributed by atoms with Gasteiger partial charge in [0, 0.05) is 5.56 Å². The maximum atomic E-state index is 12.5. The van der Waals surface area contributed by atoms with E-state index in [9.17, 15) is 14.9 Å². The number of hydrogen-bond acceptors (Lipinski definition) is 8. The Labute approximate surface area is 151 Å². The van der Waals surface area contributed by atoms with Gasteiger partial charge >= 0.3 is 11.9 Å². The first-order chi connectivity index (χ1) is 12.5. The number of hydrogen-bond donors (Lipinski definition) is 1. The molecule has 0 saturated heterocycles. The number of carbonyl (C=O) groups excluding carboxylic acids is 2. The Balaban J connectivity index is 2.66. The molecule has 0 saturated carbocycles. The van der Waals surface area contributed by atoms with Crippen molar-refractivity contribution in [3.05, 3.63) is 35.2 Å². The molecule has 2 atom stereocenters. The van der Waals surface area contributed by atoms with Gasteiger partial charge in [-0.15, -0.1) is 0 Å². The summed E-state index contributed by atoms with van der Waals surface area (Å²) in [6, 6.07) is 6.86. The first-order valence-corrected chi connectivity index (χ1v) is 8.07. The van der Waals surface area contributed by atoms with Gasteiger partial charge in [0.05, 0.1) is 32.3 Å². The zero-order valence-corrected chi connectivity index (χ0v) is 14.8. The van der Waals surface area contributed by atoms with Gasteiger partial charge in [-0.25, -0.2) is 4.79 Å². The van der Waals surface area contributed by atoms with E-state index in [1.54, 1.807) is 32.0 Å². The van der Waals surface area contributed by atoms with Crippen molar-refractivity contribution in [3.8, 4) is 17.6 Å². The molecule has 26 heavy (non-hydrogen) atoms. The summed E-state index contributed by atoms with van der Waals surface area (Å²) in [4.78, 5) is 24.8. The summed E-state index contributed by atoms with van der Waals surface area (Å²) in [5.74, 6) is -3.46. The number of fused-ring (bicyclic) bond motifs is 1. The summed E-state index contributed by atoms with van der Waals surface area (Å²) in [5, 5.41) is 9.60. The van der Waals surface area contributed by atoms with E-state index in [4.69, 9.17) is 24.7 Å². The predicted molar refractivity (Wildman–Crippen MR) is 89.9 cm³/mol. The predicted octanol–water partition coefficient (Wildman–Crippen LogP) is 1.61. The third-order valence-corrected chi connectivity index (χ3v) is 3.86. The van der Waals surface area contributed by atoms with Gasteiger partial charge in [-0.2, -0.15) is 5.26 Å². The van der Waals surface area contributed by atoms with Gasteiger partial charge in [-0.05, 0) is 19.9 Å². The second kappa shape index (κ2) is 8.25. The SMILES string of the molecule is CCOC(=O)C1=C(N)Oc2c(OC)cccc2[C@@H]1[C@H](C#N)C(=O)OCC. The molecule has 1 aliphatic heterocycles. The number of nitriles is 1. The lowest BCUT2D eigenvalue weighted by atomic mass is 9.79. The molecule has 0 amide bonds. The number of carbonyl (C=O) groups is 2. The van der Waals surface area contributed by atoms with E-state index >= 15 is 0 Å². The fourth-order valence-electron chi connectivity index (χ4n) is 2.80. The summed E-state index contributed by atoms with van der Waals surface area (Å²) in [7, 11) is 1.45. The van der Waals surface area contributed by atoms with Crippen LogP contribution in [0.15, 0.2) is 29.7 Å². The molecule has 8 heteroatoms. The molecule has 0 spiro atoms. The van der Waals surface area contributed by atoms with Gasteiger partial charge in [0.2, 0.25) is 5.88 Å². The molecule has 0 aromatic heterocycles. The highest BCUT2D eigenvalue weighted by Gasteiger charge is 2.44. The Morgan fingerprint density at radius 2 is 2.00 bits per heavy atom. The van der Waals surface area contributed by atoms with Crippen LogP contribution in [0.25, 0.3) is 0 Å². The number of esters is 2. The van der Waals surface area contributed by atoms with Crippen molar-refractivity contribution in [1.29, 1.82) is 5.26 Å². The van der Waals surface area contributed by atoms with E-state index in [1.807, 2.05) is 6.07 Å². The highest BCUT2D eigenvalue weighted by molar-refractivity contribution is 5.94. The van der Waals surface area contributed by atoms with Crippen LogP contribution >= 0.6 is 0 Å². The molecule has 0 fully saturated rings. The van der Waals surface area contributed by atoms with Crippen LogP contribution in [0.4, 0.5) is 0 Å². The molecule has 2 N–H and O–H groups in total. The minimum Gasteiger partial charge on any atom is -0.493 e. The Morgan fingerprint density at radius 3 is 2.58 bits per heavy atom. The molecular weight excluding hydrogens is 340 g/mol. The molecule has 0 radical (unpaired) electrons. The van der Waals surface area contributed by atoms with Crippen molar-refractivity contribution >= 4 is 11.9 Å². The van der Waals surface area contributed by atoms with Crippen molar-refractivity contribution in [2.45, 2.75) is 19.8 Å². The molecule has 1 heterocycles. The lowest BCUT2D eigenvalue weighted by Gasteiger charge is -2.30. The second-order valence-corrected chi connectivity index (χ2v) is 5.32. The lowest BCUT2D eigenvalue weighted by Crippen LogP contribution is -2.34. The van der Waals surface area contributed by atoms with Gasteiger partial charge in [-0.1, -0.05) is 12.1 Å². The van der Waals surface area contributed by atoms with E-state index in [1.165, 1.54) is 7.11 Å². The fraction of sp³-hybridized carbons (Fsp3) is 0.389. The summed E-state index contributed by atoms with van der Waals surface area (Å²) in [5.41, 5.74) is 6.27. The third kappa shape index (κ3) is 3.42. The zero-order chi connectivity index (χ0) is 19.3. The number of benzene rings is 1. The van der Waals surface area contributed by atoms with Gasteiger partial charge in [0.1, 0.15) is 5.57 Å². The van der Waals surface area contributed by atoms with Crippen LogP contribution in [-0.2, 0) is 19.1 Å². The maximum absolute atomic E-state index is 12.5. The molecule has 138 valence electrons. The molecular formula is C18H20N2O6. The molecule has 1 aliphatic rings. The normalized spacial score (nSPS) is 16.6. The van der Waals surface area contributed by atoms with E-state index in [0.717, 1.165) is 0 Å². The van der Waals surface area contributed by atoms with E-state index in [0.29, 0.717) is 11.3 Å². The minimum atomic E-state index is -1.30. The summed E-state index contributed by atoms with van der Waals surface area (Å²) in [6.07, 6.45) is 0. The van der Waals surface area contributed by atoms with Crippen molar-refractivity contribution in [2.24, 2.45) is 11.7 Å². The first kappa shape index (κ1) is 19.1. The van der Waals surface area contributed by atoms with E-state index in [-0.39, 0.29) is 30.4 Å². The number of nitrogens with zero attached hydrogens (tertiary/aromatic N) is 1. The number of para-hydroxylation sites is 1. The first-order valence-electron chi connectivity index (χ1n) is 8.07. The highest BCUT2D eigenvalue weighted by Crippen LogP contribution is 2.47. The van der Waals surface area contributed by atoms with Crippen LogP contribution < -0.4 is 15.2 Å². The van der Waals surface area contributed by atoms with E-state index in [2.05, 4.69) is 0 Å². The Kier molecular flexibility index (Phi) is 6.07. The molecule has 2 rings (SSSR count). The Bertz CT molecular complexity index is 780. The Morgan fingerprint density at radius 1 is 1.31 bits per heavy atom. The summed E-state index contributed by atoms with van der Waals surface area (Å²) < 4.78 is 20.9. The topological polar surface area (TPSA) is 121 Å². The number of ether oxygens (including phenoxy) is 4. The average Bonchev–Trinajstić information content (AvgIpc) is 2.62. The summed E-state index contributed by atoms with van der Waals surface area (Å²) in [6.45, 7) is 3.46. The third-order valence-electron chi connectivity index (χ3n) is 3.86. The largest absolute Gasteiger partial charge is 0.493 e. The molecule has 8 nitrogen and oxygen atoms in total. The monoisotopic (exact) mass is 360 g/mol. The standard InChI is InChI=1S/C18H20N2O6/c1-4-24-17(21)11(9-19)13-10-7-6-8-12(23-3)15(10)26-16(20)14(13)18(22)25-5-2/h6-8,11,13H,4-5,20H2,1-3H3/t11-,13+/m0/s1. The van der Waals surface area contributed by atoms with Crippen molar-refractivity contribution < 1.29 is 28.5 Å². The maximum Gasteiger partial charge on any atom is 0.340 e. The van der Waals surface area contributed by atoms with Crippen molar-refractivity contribution in [2.75, 3.05) is 20.3 Å². The van der Waals surface area contributed by atoms with Crippen LogP contribution in [0.5, 0.6) is 11.5 Å². The molecule has 0 unspecified atom stereocenters. The quantitative estimate of drug-likeness (QED) is 0.760. The van der Waals surface area contributed by atoms with E-state index < -0.39 is 23.8 Å². The van der Waals surface area contributed by atoms with Crippen molar-refractivity contribution in [1.82, 2.24) is 0 Å². The molecule has 1 aromatic rings. The smallest absolute Gasteiger partial charge is 0.340 e. The van der Waals surface area contributed by atoms with Gasteiger partial charge in [0.15, 0.2) is 17.4 Å². The van der Waals surface area contributed by atoms with Crippen LogP contribution in [0, 0.1) is 17.2 Å². The summed E-state index contributed by atoms with van der Waals surface area (Å²) >= 11 is 0. The lowest BCUT2D eigenvalue weighted by molar-refractivity contribution is -0.146. The molecule has 0 aliphatic carbocycles. The van der Waals surface area contributed by atoms with Gasteiger partial charge in [0.25, 0.3) is 0 Å². The number of rotatable bonds is 6. The average molecular weight is 360 g/mol. The Hall–Kier alpha value is -3.21. The molecule has 0 bridgehead atoms. The molecule has 1 aromatic carbocycles. The number of nitrogens with two attached hydrogens (primary N) is 1. The van der Waals surface area contributed by atoms with Crippen LogP contribution in [0.2, 0.25) is 0 Å². The van der Waals surface area contributed by atoms with Crippen LogP contribution in [-0.4, -0.2) is 32.3 Å². The number of methoxy groups -OCH3 is 1. The minimum absolute atomic E-state index is 0.0905. The second-order valence-electron chi connectivity index (χ2n) is 5.32. The van der Waals surface area contributed by atoms with Crippen LogP contribution in [0.1, 0.15) is 25.3 Å². The van der Waals surface area contributed by atoms with Gasteiger partial charge < -0.3 is 24.7 Å². The highest BCUT2D eigenvalue weighted by atomic mass is 16.5. The fourth-order valence-corrected chi connectivity index (χ4v) is 2.80.